The molecule has 0 aliphatic heterocycles. The molecule has 0 fully saturated rings. The second-order valence-corrected chi connectivity index (χ2v) is 4.75. The van der Waals surface area contributed by atoms with Crippen molar-refractivity contribution in [2.45, 2.75) is 6.42 Å². The standard InChI is InChI=1S/C17H17N3O.2ClH/c1-21-15-11-13-5-4-9-20-17(13)16(12-15)19-10-7-14-6-2-3-8-18-14;;/h2-6,8-9,11-12,19H,7,10H2,1H3;2*1H. The van der Waals surface area contributed by atoms with E-state index in [1.54, 1.807) is 13.3 Å². The van der Waals surface area contributed by atoms with E-state index in [4.69, 9.17) is 4.74 Å². The van der Waals surface area contributed by atoms with Crippen molar-refractivity contribution in [3.05, 3.63) is 60.6 Å². The molecule has 2 heterocycles. The Morgan fingerprint density at radius 3 is 2.57 bits per heavy atom. The number of fused-ring (bicyclic) bond motifs is 1. The van der Waals surface area contributed by atoms with E-state index in [1.807, 2.05) is 48.7 Å². The summed E-state index contributed by atoms with van der Waals surface area (Å²) in [6.45, 7) is 0.801. The first-order valence-corrected chi connectivity index (χ1v) is 6.93. The molecule has 0 amide bonds. The Bertz CT molecular complexity index is 738. The topological polar surface area (TPSA) is 47.0 Å². The predicted molar refractivity (Wildman–Crippen MR) is 99.2 cm³/mol. The molecule has 1 aromatic carbocycles. The highest BCUT2D eigenvalue weighted by molar-refractivity contribution is 5.91. The Morgan fingerprint density at radius 2 is 1.83 bits per heavy atom. The number of halogens is 2. The summed E-state index contributed by atoms with van der Waals surface area (Å²) in [6.07, 6.45) is 4.49. The quantitative estimate of drug-likeness (QED) is 0.750. The van der Waals surface area contributed by atoms with Crippen molar-refractivity contribution in [3.63, 3.8) is 0 Å². The monoisotopic (exact) mass is 351 g/mol. The first-order valence-electron chi connectivity index (χ1n) is 6.93. The van der Waals surface area contributed by atoms with Gasteiger partial charge in [-0.3, -0.25) is 9.97 Å². The zero-order valence-corrected chi connectivity index (χ0v) is 14.4. The minimum Gasteiger partial charge on any atom is -0.497 e. The molecule has 0 atom stereocenters. The summed E-state index contributed by atoms with van der Waals surface area (Å²) < 4.78 is 5.35. The van der Waals surface area contributed by atoms with Crippen molar-refractivity contribution in [3.8, 4) is 5.75 Å². The molecule has 0 saturated heterocycles. The Balaban J connectivity index is 0.00000132. The molecule has 0 unspecified atom stereocenters. The molecule has 0 bridgehead atoms. The van der Waals surface area contributed by atoms with Crippen LogP contribution in [-0.2, 0) is 6.42 Å². The number of nitrogens with one attached hydrogen (secondary N) is 1. The SMILES string of the molecule is COc1cc(NCCc2ccccn2)c2ncccc2c1.Cl.Cl. The van der Waals surface area contributed by atoms with E-state index in [0.717, 1.165) is 41.0 Å². The highest BCUT2D eigenvalue weighted by Crippen LogP contribution is 2.27. The maximum Gasteiger partial charge on any atom is 0.121 e. The molecule has 0 spiro atoms. The number of ether oxygens (including phenoxy) is 1. The molecular formula is C17H19Cl2N3O. The first-order chi connectivity index (χ1) is 10.4. The number of benzene rings is 1. The molecular weight excluding hydrogens is 333 g/mol. The van der Waals surface area contributed by atoms with E-state index in [-0.39, 0.29) is 24.8 Å². The molecule has 3 rings (SSSR count). The van der Waals surface area contributed by atoms with E-state index in [2.05, 4.69) is 15.3 Å². The molecule has 122 valence electrons. The van der Waals surface area contributed by atoms with Crippen LogP contribution in [0.5, 0.6) is 5.75 Å². The van der Waals surface area contributed by atoms with Crippen LogP contribution in [0.25, 0.3) is 10.9 Å². The molecule has 23 heavy (non-hydrogen) atoms. The number of rotatable bonds is 5. The van der Waals surface area contributed by atoms with Crippen molar-refractivity contribution in [2.75, 3.05) is 19.0 Å². The maximum absolute atomic E-state index is 5.35. The molecule has 0 aliphatic rings. The van der Waals surface area contributed by atoms with E-state index in [9.17, 15) is 0 Å². The molecule has 1 N–H and O–H groups in total. The van der Waals surface area contributed by atoms with Gasteiger partial charge in [-0.1, -0.05) is 12.1 Å². The lowest BCUT2D eigenvalue weighted by Gasteiger charge is -2.11. The Kier molecular flexibility index (Phi) is 7.59. The van der Waals surface area contributed by atoms with E-state index in [0.29, 0.717) is 0 Å². The van der Waals surface area contributed by atoms with Gasteiger partial charge in [-0.05, 0) is 24.3 Å². The number of hydrogen-bond acceptors (Lipinski definition) is 4. The first kappa shape index (κ1) is 19.0. The van der Waals surface area contributed by atoms with Gasteiger partial charge in [0.05, 0.1) is 18.3 Å². The summed E-state index contributed by atoms with van der Waals surface area (Å²) in [7, 11) is 1.68. The lowest BCUT2D eigenvalue weighted by Crippen LogP contribution is -2.06. The van der Waals surface area contributed by atoms with Gasteiger partial charge in [0.2, 0.25) is 0 Å². The third-order valence-electron chi connectivity index (χ3n) is 3.34. The summed E-state index contributed by atoms with van der Waals surface area (Å²) in [6, 6.07) is 13.9. The number of nitrogens with zero attached hydrogens (tertiary/aromatic N) is 2. The van der Waals surface area contributed by atoms with Gasteiger partial charge in [0.1, 0.15) is 5.75 Å². The van der Waals surface area contributed by atoms with Crippen molar-refractivity contribution in [1.29, 1.82) is 0 Å². The minimum atomic E-state index is 0. The summed E-state index contributed by atoms with van der Waals surface area (Å²) in [4.78, 5) is 8.77. The van der Waals surface area contributed by atoms with Crippen molar-refractivity contribution in [2.24, 2.45) is 0 Å². The average Bonchev–Trinajstić information content (AvgIpc) is 2.55. The van der Waals surface area contributed by atoms with E-state index >= 15 is 0 Å². The molecule has 0 radical (unpaired) electrons. The van der Waals surface area contributed by atoms with Crippen LogP contribution in [0.1, 0.15) is 5.69 Å². The highest BCUT2D eigenvalue weighted by Gasteiger charge is 2.05. The smallest absolute Gasteiger partial charge is 0.121 e. The summed E-state index contributed by atoms with van der Waals surface area (Å²) in [5.74, 6) is 0.829. The van der Waals surface area contributed by atoms with Crippen LogP contribution in [0, 0.1) is 0 Å². The number of anilines is 1. The summed E-state index contributed by atoms with van der Waals surface area (Å²) in [5, 5.41) is 4.50. The molecule has 2 aromatic heterocycles. The Labute approximate surface area is 148 Å². The second kappa shape index (κ2) is 9.18. The van der Waals surface area contributed by atoms with Crippen molar-refractivity contribution in [1.82, 2.24) is 9.97 Å². The summed E-state index contributed by atoms with van der Waals surface area (Å²) in [5.41, 5.74) is 3.02. The van der Waals surface area contributed by atoms with Gasteiger partial charge >= 0.3 is 0 Å². The van der Waals surface area contributed by atoms with Gasteiger partial charge in [0.15, 0.2) is 0 Å². The fraction of sp³-hybridized carbons (Fsp3) is 0.176. The third kappa shape index (κ3) is 4.71. The average molecular weight is 352 g/mol. The zero-order chi connectivity index (χ0) is 14.5. The lowest BCUT2D eigenvalue weighted by atomic mass is 10.1. The zero-order valence-electron chi connectivity index (χ0n) is 12.7. The predicted octanol–water partition coefficient (Wildman–Crippen LogP) is 4.14. The van der Waals surface area contributed by atoms with E-state index < -0.39 is 0 Å². The van der Waals surface area contributed by atoms with Crippen LogP contribution >= 0.6 is 24.8 Å². The Morgan fingerprint density at radius 1 is 1.00 bits per heavy atom. The van der Waals surface area contributed by atoms with Gasteiger partial charge in [-0.25, -0.2) is 0 Å². The van der Waals surface area contributed by atoms with Crippen LogP contribution in [0.2, 0.25) is 0 Å². The second-order valence-electron chi connectivity index (χ2n) is 4.75. The van der Waals surface area contributed by atoms with Gasteiger partial charge in [0, 0.05) is 42.5 Å². The van der Waals surface area contributed by atoms with Crippen LogP contribution in [0.15, 0.2) is 54.9 Å². The van der Waals surface area contributed by atoms with Crippen LogP contribution in [0.3, 0.4) is 0 Å². The van der Waals surface area contributed by atoms with Gasteiger partial charge in [-0.2, -0.15) is 0 Å². The van der Waals surface area contributed by atoms with E-state index in [1.165, 1.54) is 0 Å². The third-order valence-corrected chi connectivity index (χ3v) is 3.34. The number of pyridine rings is 2. The molecule has 0 aliphatic carbocycles. The number of aromatic nitrogens is 2. The fourth-order valence-corrected chi connectivity index (χ4v) is 2.29. The molecule has 4 nitrogen and oxygen atoms in total. The van der Waals surface area contributed by atoms with Gasteiger partial charge in [0.25, 0.3) is 0 Å². The largest absolute Gasteiger partial charge is 0.497 e. The summed E-state index contributed by atoms with van der Waals surface area (Å²) >= 11 is 0. The molecule has 3 aromatic rings. The number of methoxy groups -OCH3 is 1. The Hall–Kier alpha value is -2.04. The van der Waals surface area contributed by atoms with Crippen LogP contribution in [-0.4, -0.2) is 23.6 Å². The van der Waals surface area contributed by atoms with Gasteiger partial charge in [-0.15, -0.1) is 24.8 Å². The maximum atomic E-state index is 5.35. The number of hydrogen-bond donors (Lipinski definition) is 1. The van der Waals surface area contributed by atoms with Crippen LogP contribution < -0.4 is 10.1 Å². The molecule has 6 heteroatoms. The van der Waals surface area contributed by atoms with Crippen molar-refractivity contribution < 1.29 is 4.74 Å². The normalized spacial score (nSPS) is 9.61. The highest BCUT2D eigenvalue weighted by atomic mass is 35.5. The lowest BCUT2D eigenvalue weighted by molar-refractivity contribution is 0.415. The van der Waals surface area contributed by atoms with Crippen molar-refractivity contribution >= 4 is 41.4 Å². The van der Waals surface area contributed by atoms with Gasteiger partial charge < -0.3 is 10.1 Å². The minimum absolute atomic E-state index is 0. The van der Waals surface area contributed by atoms with Crippen LogP contribution in [0.4, 0.5) is 5.69 Å². The molecule has 0 saturated carbocycles. The fourth-order valence-electron chi connectivity index (χ4n) is 2.29.